The van der Waals surface area contributed by atoms with E-state index in [0.717, 1.165) is 6.42 Å². The maximum absolute atomic E-state index is 12.3. The summed E-state index contributed by atoms with van der Waals surface area (Å²) in [7, 11) is 0. The van der Waals surface area contributed by atoms with Gasteiger partial charge in [-0.25, -0.2) is 0 Å². The van der Waals surface area contributed by atoms with Gasteiger partial charge in [0.2, 0.25) is 0 Å². The quantitative estimate of drug-likeness (QED) is 0.0668. The molecule has 0 aromatic heterocycles. The van der Waals surface area contributed by atoms with E-state index in [1.807, 2.05) is 0 Å². The molecule has 2 nitrogen and oxygen atoms in total. The Balaban J connectivity index is 3.76. The van der Waals surface area contributed by atoms with Gasteiger partial charge in [0.15, 0.2) is 0 Å². The Morgan fingerprint density at radius 1 is 0.432 bits per heavy atom. The van der Waals surface area contributed by atoms with Crippen molar-refractivity contribution in [3.63, 3.8) is 0 Å². The van der Waals surface area contributed by atoms with Crippen molar-refractivity contribution in [2.75, 3.05) is 6.61 Å². The summed E-state index contributed by atoms with van der Waals surface area (Å²) in [5.41, 5.74) is 0. The molecule has 0 aliphatic carbocycles. The van der Waals surface area contributed by atoms with Crippen molar-refractivity contribution in [2.45, 2.75) is 207 Å². The third kappa shape index (κ3) is 29.9. The predicted molar refractivity (Wildman–Crippen MR) is 165 cm³/mol. The van der Waals surface area contributed by atoms with Crippen molar-refractivity contribution >= 4 is 5.97 Å². The van der Waals surface area contributed by atoms with E-state index in [0.29, 0.717) is 18.9 Å². The first-order valence-electron chi connectivity index (χ1n) is 17.4. The monoisotopic (exact) mass is 523 g/mol. The van der Waals surface area contributed by atoms with Crippen LogP contribution in [0.25, 0.3) is 0 Å². The molecule has 1 atom stereocenters. The molecule has 0 bridgehead atoms. The summed E-state index contributed by atoms with van der Waals surface area (Å²) in [6.07, 6.45) is 38.3. The van der Waals surface area contributed by atoms with Crippen LogP contribution in [0.2, 0.25) is 0 Å². The fourth-order valence-corrected chi connectivity index (χ4v) is 5.48. The number of carbonyl (C=O) groups excluding carboxylic acids is 1. The fraction of sp³-hybridized carbons (Fsp3) is 0.971. The zero-order chi connectivity index (χ0) is 27.1. The number of ether oxygens (including phenoxy) is 1. The largest absolute Gasteiger partial charge is 0.465 e. The van der Waals surface area contributed by atoms with Gasteiger partial charge in [-0.2, -0.15) is 0 Å². The van der Waals surface area contributed by atoms with Gasteiger partial charge in [-0.1, -0.05) is 181 Å². The number of carbonyl (C=O) groups is 1. The molecule has 0 N–H and O–H groups in total. The number of hydrogen-bond acceptors (Lipinski definition) is 2. The highest BCUT2D eigenvalue weighted by atomic mass is 16.5. The van der Waals surface area contributed by atoms with Crippen LogP contribution in [0.1, 0.15) is 207 Å². The number of hydrogen-bond donors (Lipinski definition) is 0. The summed E-state index contributed by atoms with van der Waals surface area (Å²) < 4.78 is 5.76. The Morgan fingerprint density at radius 2 is 0.730 bits per heavy atom. The van der Waals surface area contributed by atoms with Gasteiger partial charge in [0.05, 0.1) is 6.61 Å². The topological polar surface area (TPSA) is 26.3 Å². The fourth-order valence-electron chi connectivity index (χ4n) is 5.48. The zero-order valence-corrected chi connectivity index (χ0v) is 26.1. The van der Waals surface area contributed by atoms with Gasteiger partial charge in [-0.05, 0) is 25.2 Å². The first kappa shape index (κ1) is 36.5. The van der Waals surface area contributed by atoms with Crippen LogP contribution < -0.4 is 0 Å². The lowest BCUT2D eigenvalue weighted by molar-refractivity contribution is -0.145. The summed E-state index contributed by atoms with van der Waals surface area (Å²) in [5, 5.41) is 0. The molecule has 0 aliphatic rings. The second-order valence-corrected chi connectivity index (χ2v) is 12.0. The highest BCUT2D eigenvalue weighted by Gasteiger charge is 2.12. The standard InChI is InChI=1S/C35H70O2/c1-4-7-10-13-15-17-18-19-20-22-24-26-29-32-35(36)37-33-34(30-27-12-9-6-3)31-28-25-23-21-16-14-11-8-5-2/h34H,4-33H2,1-3H3. The first-order valence-corrected chi connectivity index (χ1v) is 17.4. The maximum Gasteiger partial charge on any atom is 0.305 e. The van der Waals surface area contributed by atoms with E-state index in [1.54, 1.807) is 0 Å². The molecule has 2 heteroatoms. The Hall–Kier alpha value is -0.530. The van der Waals surface area contributed by atoms with Crippen molar-refractivity contribution in [1.82, 2.24) is 0 Å². The summed E-state index contributed by atoms with van der Waals surface area (Å²) in [5.74, 6) is 0.630. The van der Waals surface area contributed by atoms with Crippen molar-refractivity contribution in [3.05, 3.63) is 0 Å². The lowest BCUT2D eigenvalue weighted by atomic mass is 9.95. The normalized spacial score (nSPS) is 12.2. The van der Waals surface area contributed by atoms with E-state index in [2.05, 4.69) is 20.8 Å². The van der Waals surface area contributed by atoms with E-state index in [4.69, 9.17) is 4.74 Å². The van der Waals surface area contributed by atoms with Gasteiger partial charge in [0.1, 0.15) is 0 Å². The molecule has 37 heavy (non-hydrogen) atoms. The van der Waals surface area contributed by atoms with E-state index < -0.39 is 0 Å². The average molecular weight is 523 g/mol. The lowest BCUT2D eigenvalue weighted by Crippen LogP contribution is -2.14. The maximum atomic E-state index is 12.3. The van der Waals surface area contributed by atoms with Crippen LogP contribution in [0.15, 0.2) is 0 Å². The van der Waals surface area contributed by atoms with Gasteiger partial charge in [0.25, 0.3) is 0 Å². The average Bonchev–Trinajstić information content (AvgIpc) is 2.90. The SMILES string of the molecule is CCCCCCCCCCCCCCCC(=O)OCC(CCCCCC)CCCCCCCCCCC. The van der Waals surface area contributed by atoms with Crippen LogP contribution >= 0.6 is 0 Å². The number of rotatable bonds is 31. The van der Waals surface area contributed by atoms with E-state index >= 15 is 0 Å². The van der Waals surface area contributed by atoms with Crippen LogP contribution in [0.3, 0.4) is 0 Å². The molecule has 1 unspecified atom stereocenters. The van der Waals surface area contributed by atoms with E-state index in [1.165, 1.54) is 173 Å². The molecule has 0 fully saturated rings. The summed E-state index contributed by atoms with van der Waals surface area (Å²) in [6.45, 7) is 7.52. The zero-order valence-electron chi connectivity index (χ0n) is 26.1. The molecule has 0 amide bonds. The highest BCUT2D eigenvalue weighted by molar-refractivity contribution is 5.69. The minimum atomic E-state index is 0.0497. The van der Waals surface area contributed by atoms with Crippen LogP contribution in [0.5, 0.6) is 0 Å². The molecule has 0 aliphatic heterocycles. The Bertz CT molecular complexity index is 433. The van der Waals surface area contributed by atoms with Gasteiger partial charge >= 0.3 is 5.97 Å². The summed E-state index contributed by atoms with van der Waals surface area (Å²) >= 11 is 0. The summed E-state index contributed by atoms with van der Waals surface area (Å²) in [6, 6.07) is 0. The van der Waals surface area contributed by atoms with Crippen LogP contribution in [-0.2, 0) is 9.53 Å². The second-order valence-electron chi connectivity index (χ2n) is 12.0. The third-order valence-corrected chi connectivity index (χ3v) is 8.15. The van der Waals surface area contributed by atoms with E-state index in [-0.39, 0.29) is 5.97 Å². The molecule has 0 saturated heterocycles. The molecule has 0 spiro atoms. The summed E-state index contributed by atoms with van der Waals surface area (Å²) in [4.78, 5) is 12.3. The highest BCUT2D eigenvalue weighted by Crippen LogP contribution is 2.20. The molecular weight excluding hydrogens is 452 g/mol. The molecule has 222 valence electrons. The van der Waals surface area contributed by atoms with Crippen molar-refractivity contribution in [2.24, 2.45) is 5.92 Å². The number of esters is 1. The van der Waals surface area contributed by atoms with Crippen LogP contribution in [-0.4, -0.2) is 12.6 Å². The second kappa shape index (κ2) is 31.7. The lowest BCUT2D eigenvalue weighted by Gasteiger charge is -2.17. The predicted octanol–water partition coefficient (Wildman–Crippen LogP) is 12.5. The molecule has 0 rings (SSSR count). The molecular formula is C35H70O2. The van der Waals surface area contributed by atoms with Crippen molar-refractivity contribution in [1.29, 1.82) is 0 Å². The van der Waals surface area contributed by atoms with E-state index in [9.17, 15) is 4.79 Å². The third-order valence-electron chi connectivity index (χ3n) is 8.15. The molecule has 0 radical (unpaired) electrons. The van der Waals surface area contributed by atoms with Gasteiger partial charge < -0.3 is 4.74 Å². The molecule has 0 heterocycles. The van der Waals surface area contributed by atoms with Crippen LogP contribution in [0.4, 0.5) is 0 Å². The Labute approximate surface area is 234 Å². The van der Waals surface area contributed by atoms with Crippen molar-refractivity contribution < 1.29 is 9.53 Å². The minimum Gasteiger partial charge on any atom is -0.465 e. The van der Waals surface area contributed by atoms with Gasteiger partial charge in [-0.15, -0.1) is 0 Å². The van der Waals surface area contributed by atoms with Gasteiger partial charge in [0, 0.05) is 6.42 Å². The first-order chi connectivity index (χ1) is 18.2. The van der Waals surface area contributed by atoms with Gasteiger partial charge in [-0.3, -0.25) is 4.79 Å². The van der Waals surface area contributed by atoms with Crippen LogP contribution in [0, 0.1) is 5.92 Å². The Morgan fingerprint density at radius 3 is 1.11 bits per heavy atom. The molecule has 0 aromatic rings. The number of unbranched alkanes of at least 4 members (excludes halogenated alkanes) is 23. The minimum absolute atomic E-state index is 0.0497. The smallest absolute Gasteiger partial charge is 0.305 e. The Kier molecular flexibility index (Phi) is 31.2. The molecule has 0 saturated carbocycles. The van der Waals surface area contributed by atoms with Crippen molar-refractivity contribution in [3.8, 4) is 0 Å². The molecule has 0 aromatic carbocycles.